The summed E-state index contributed by atoms with van der Waals surface area (Å²) in [4.78, 5) is 2.30. The first-order valence-electron chi connectivity index (χ1n) is 21.7. The second-order valence-electron chi connectivity index (χ2n) is 18.4. The summed E-state index contributed by atoms with van der Waals surface area (Å²) in [5, 5.41) is 24.8. The Balaban J connectivity index is 0.00000221. The van der Waals surface area contributed by atoms with Gasteiger partial charge in [-0.1, -0.05) is 209 Å². The van der Waals surface area contributed by atoms with Gasteiger partial charge in [-0.15, -0.1) is 0 Å². The van der Waals surface area contributed by atoms with Crippen LogP contribution in [0.1, 0.15) is 131 Å². The fourth-order valence-corrected chi connectivity index (χ4v) is 8.28. The van der Waals surface area contributed by atoms with Crippen molar-refractivity contribution in [2.24, 2.45) is 0 Å². The third kappa shape index (κ3) is 10.1. The molecule has 0 fully saturated rings. The number of aromatic hydroxyl groups is 2. The normalized spacial score (nSPS) is 12.3. The highest BCUT2D eigenvalue weighted by molar-refractivity contribution is 5.56. The minimum atomic E-state index is -0.478. The van der Waals surface area contributed by atoms with Crippen LogP contribution in [0.25, 0.3) is 0 Å². The number of phenolic OH excluding ortho intramolecular Hbond substituents is 2. The zero-order valence-corrected chi connectivity index (χ0v) is 38.1. The molecule has 0 spiro atoms. The molecule has 0 heterocycles. The minimum absolute atomic E-state index is 0.299. The molecule has 0 aliphatic rings. The van der Waals surface area contributed by atoms with Gasteiger partial charge in [0.15, 0.2) is 0 Å². The Bertz CT molecular complexity index is 2100. The van der Waals surface area contributed by atoms with Crippen molar-refractivity contribution in [1.29, 1.82) is 0 Å². The molecule has 6 aromatic carbocycles. The standard InChI is InChI=1S/C53H61NO3.C3H8/c1-50(2,40-22-14-10-15-23-40)44-32-38(48(55)46(34-44)52(5,6)42-26-18-12-19-27-42)36-54(30-31-57-9)37-39-33-45(51(3,4)41-24-16-11-17-25-41)35-47(49(39)56)53(7,8)43-28-20-13-21-29-43;1-3-2/h10-29,32-35,55-56H,30-31,36-37H2,1-9H3;3H2,1-2H3. The predicted molar refractivity (Wildman–Crippen MR) is 252 cm³/mol. The lowest BCUT2D eigenvalue weighted by atomic mass is 9.72. The summed E-state index contributed by atoms with van der Waals surface area (Å²) in [7, 11) is 1.72. The lowest BCUT2D eigenvalue weighted by molar-refractivity contribution is 0.138. The summed E-state index contributed by atoms with van der Waals surface area (Å²) in [5.74, 6) is 0.598. The molecule has 4 nitrogen and oxygen atoms in total. The summed E-state index contributed by atoms with van der Waals surface area (Å²) in [5.41, 5.74) is 8.78. The first-order valence-corrected chi connectivity index (χ1v) is 21.7. The summed E-state index contributed by atoms with van der Waals surface area (Å²) >= 11 is 0. The van der Waals surface area contributed by atoms with Gasteiger partial charge < -0.3 is 14.9 Å². The number of methoxy groups -OCH3 is 1. The highest BCUT2D eigenvalue weighted by Gasteiger charge is 2.34. The van der Waals surface area contributed by atoms with E-state index >= 15 is 0 Å². The SMILES string of the molecule is CCC.COCCN(Cc1cc(C(C)(C)c2ccccc2)cc(C(C)(C)c2ccccc2)c1O)Cc1cc(C(C)(C)c2ccccc2)cc(C(C)(C)c2ccccc2)c1O. The van der Waals surface area contributed by atoms with Crippen molar-refractivity contribution in [3.63, 3.8) is 0 Å². The Kier molecular flexibility index (Phi) is 14.9. The van der Waals surface area contributed by atoms with E-state index in [0.29, 0.717) is 37.7 Å². The van der Waals surface area contributed by atoms with E-state index in [4.69, 9.17) is 4.74 Å². The van der Waals surface area contributed by atoms with Gasteiger partial charge in [-0.25, -0.2) is 0 Å². The molecule has 6 aromatic rings. The zero-order chi connectivity index (χ0) is 43.7. The van der Waals surface area contributed by atoms with E-state index in [9.17, 15) is 10.2 Å². The molecule has 4 heteroatoms. The Labute approximate surface area is 361 Å². The van der Waals surface area contributed by atoms with E-state index in [1.165, 1.54) is 17.5 Å². The van der Waals surface area contributed by atoms with E-state index in [0.717, 1.165) is 44.5 Å². The van der Waals surface area contributed by atoms with Gasteiger partial charge in [-0.2, -0.15) is 0 Å². The number of benzene rings is 6. The molecule has 6 rings (SSSR count). The molecule has 316 valence electrons. The second kappa shape index (κ2) is 19.5. The van der Waals surface area contributed by atoms with E-state index in [2.05, 4.69) is 208 Å². The number of rotatable bonds is 15. The summed E-state index contributed by atoms with van der Waals surface area (Å²) in [6, 6.07) is 50.8. The van der Waals surface area contributed by atoms with Crippen LogP contribution in [0, 0.1) is 0 Å². The maximum atomic E-state index is 12.4. The summed E-state index contributed by atoms with van der Waals surface area (Å²) in [6.45, 7) is 24.1. The van der Waals surface area contributed by atoms with Crippen LogP contribution in [0.2, 0.25) is 0 Å². The van der Waals surface area contributed by atoms with E-state index in [-0.39, 0.29) is 10.8 Å². The molecule has 0 amide bonds. The van der Waals surface area contributed by atoms with Crippen molar-refractivity contribution < 1.29 is 14.9 Å². The van der Waals surface area contributed by atoms with Gasteiger partial charge >= 0.3 is 0 Å². The van der Waals surface area contributed by atoms with E-state index in [1.807, 2.05) is 12.1 Å². The van der Waals surface area contributed by atoms with Crippen molar-refractivity contribution in [2.45, 2.75) is 110 Å². The molecule has 0 radical (unpaired) electrons. The zero-order valence-electron chi connectivity index (χ0n) is 38.1. The fraction of sp³-hybridized carbons (Fsp3) is 0.357. The third-order valence-electron chi connectivity index (χ3n) is 12.5. The molecule has 0 bridgehead atoms. The van der Waals surface area contributed by atoms with Gasteiger partial charge in [0.1, 0.15) is 11.5 Å². The topological polar surface area (TPSA) is 52.9 Å². The molecule has 0 unspecified atom stereocenters. The van der Waals surface area contributed by atoms with Gasteiger partial charge in [0.25, 0.3) is 0 Å². The molecule has 0 aromatic heterocycles. The molecule has 60 heavy (non-hydrogen) atoms. The van der Waals surface area contributed by atoms with E-state index in [1.54, 1.807) is 7.11 Å². The maximum absolute atomic E-state index is 12.4. The molecular weight excluding hydrogens is 735 g/mol. The molecule has 0 atom stereocenters. The lowest BCUT2D eigenvalue weighted by Gasteiger charge is -2.34. The summed E-state index contributed by atoms with van der Waals surface area (Å²) in [6.07, 6.45) is 1.25. The highest BCUT2D eigenvalue weighted by Crippen LogP contribution is 2.45. The molecular formula is C56H69NO3. The van der Waals surface area contributed by atoms with Crippen molar-refractivity contribution in [2.75, 3.05) is 20.3 Å². The third-order valence-corrected chi connectivity index (χ3v) is 12.5. The van der Waals surface area contributed by atoms with Crippen LogP contribution in [0.15, 0.2) is 146 Å². The van der Waals surface area contributed by atoms with Crippen molar-refractivity contribution in [1.82, 2.24) is 4.90 Å². The monoisotopic (exact) mass is 804 g/mol. The van der Waals surface area contributed by atoms with Crippen molar-refractivity contribution >= 4 is 0 Å². The average molecular weight is 804 g/mol. The Morgan fingerprint density at radius 1 is 0.433 bits per heavy atom. The fourth-order valence-electron chi connectivity index (χ4n) is 8.28. The van der Waals surface area contributed by atoms with Gasteiger partial charge in [0.05, 0.1) is 6.61 Å². The van der Waals surface area contributed by atoms with Crippen LogP contribution in [0.3, 0.4) is 0 Å². The predicted octanol–water partition coefficient (Wildman–Crippen LogP) is 13.5. The first-order chi connectivity index (χ1) is 28.5. The van der Waals surface area contributed by atoms with Crippen LogP contribution in [-0.2, 0) is 39.5 Å². The van der Waals surface area contributed by atoms with Crippen molar-refractivity contribution in [3.05, 3.63) is 201 Å². The Morgan fingerprint density at radius 3 is 1.00 bits per heavy atom. The molecule has 0 aliphatic carbocycles. The molecule has 2 N–H and O–H groups in total. The van der Waals surface area contributed by atoms with Crippen LogP contribution < -0.4 is 0 Å². The average Bonchev–Trinajstić information content (AvgIpc) is 3.25. The number of hydrogen-bond donors (Lipinski definition) is 2. The minimum Gasteiger partial charge on any atom is -0.507 e. The number of nitrogens with zero attached hydrogens (tertiary/aromatic N) is 1. The largest absolute Gasteiger partial charge is 0.507 e. The van der Waals surface area contributed by atoms with Crippen molar-refractivity contribution in [3.8, 4) is 11.5 Å². The molecule has 0 saturated carbocycles. The van der Waals surface area contributed by atoms with Crippen LogP contribution in [0.5, 0.6) is 11.5 Å². The Hall–Kier alpha value is -5.16. The van der Waals surface area contributed by atoms with Gasteiger partial charge in [-0.05, 0) is 45.5 Å². The number of phenols is 2. The first kappa shape index (κ1) is 45.9. The number of hydrogen-bond acceptors (Lipinski definition) is 4. The lowest BCUT2D eigenvalue weighted by Crippen LogP contribution is -2.29. The highest BCUT2D eigenvalue weighted by atomic mass is 16.5. The van der Waals surface area contributed by atoms with Crippen LogP contribution >= 0.6 is 0 Å². The number of ether oxygens (including phenoxy) is 1. The van der Waals surface area contributed by atoms with Crippen LogP contribution in [-0.4, -0.2) is 35.4 Å². The van der Waals surface area contributed by atoms with Gasteiger partial charge in [0, 0.05) is 70.7 Å². The molecule has 0 saturated heterocycles. The summed E-state index contributed by atoms with van der Waals surface area (Å²) < 4.78 is 5.68. The maximum Gasteiger partial charge on any atom is 0.124 e. The molecule has 0 aliphatic heterocycles. The van der Waals surface area contributed by atoms with Gasteiger partial charge in [0.2, 0.25) is 0 Å². The van der Waals surface area contributed by atoms with Crippen LogP contribution in [0.4, 0.5) is 0 Å². The second-order valence-corrected chi connectivity index (χ2v) is 18.4. The van der Waals surface area contributed by atoms with E-state index < -0.39 is 10.8 Å². The Morgan fingerprint density at radius 2 is 0.717 bits per heavy atom. The van der Waals surface area contributed by atoms with Gasteiger partial charge in [-0.3, -0.25) is 4.90 Å². The smallest absolute Gasteiger partial charge is 0.124 e. The quantitative estimate of drug-likeness (QED) is 0.109.